The van der Waals surface area contributed by atoms with E-state index in [4.69, 9.17) is 5.41 Å². The molecular weight excluding hydrogens is 439 g/mol. The lowest BCUT2D eigenvalue weighted by Crippen LogP contribution is -2.54. The normalized spacial score (nSPS) is 12.2. The second-order valence-corrected chi connectivity index (χ2v) is 8.00. The first kappa shape index (κ1) is 26.4. The van der Waals surface area contributed by atoms with Gasteiger partial charge in [0.1, 0.15) is 17.9 Å². The lowest BCUT2D eigenvalue weighted by Gasteiger charge is -2.23. The fourth-order valence-electron chi connectivity index (χ4n) is 3.23. The van der Waals surface area contributed by atoms with Crippen LogP contribution in [0.3, 0.4) is 0 Å². The van der Waals surface area contributed by atoms with Crippen molar-refractivity contribution in [3.05, 3.63) is 71.0 Å². The number of benzene rings is 2. The monoisotopic (exact) mass is 468 g/mol. The van der Waals surface area contributed by atoms with Crippen LogP contribution in [0.4, 0.5) is 4.39 Å². The number of hydrogen-bond acceptors (Lipinski definition) is 5. The number of ketones is 1. The van der Waals surface area contributed by atoms with Crippen molar-refractivity contribution in [2.45, 2.75) is 51.7 Å². The Morgan fingerprint density at radius 3 is 2.12 bits per heavy atom. The first-order valence-electron chi connectivity index (χ1n) is 10.9. The molecular formula is C25H29FN4O4. The number of carbonyl (C=O) groups excluding carboxylic acids is 4. The third kappa shape index (κ3) is 8.93. The molecule has 0 saturated carbocycles. The fourth-order valence-corrected chi connectivity index (χ4v) is 3.23. The van der Waals surface area contributed by atoms with Gasteiger partial charge in [0.25, 0.3) is 0 Å². The first-order valence-corrected chi connectivity index (χ1v) is 10.9. The second kappa shape index (κ2) is 13.0. The van der Waals surface area contributed by atoms with Crippen LogP contribution in [0.5, 0.6) is 0 Å². The van der Waals surface area contributed by atoms with Crippen molar-refractivity contribution in [2.75, 3.05) is 0 Å². The lowest BCUT2D eigenvalue weighted by atomic mass is 10.0. The van der Waals surface area contributed by atoms with Gasteiger partial charge in [-0.3, -0.25) is 19.2 Å². The van der Waals surface area contributed by atoms with Gasteiger partial charge in [0.2, 0.25) is 17.7 Å². The number of amides is 3. The molecule has 8 nitrogen and oxygen atoms in total. The number of carbonyl (C=O) groups is 4. The molecule has 0 bridgehead atoms. The van der Waals surface area contributed by atoms with Gasteiger partial charge in [0.15, 0.2) is 5.78 Å². The molecule has 0 heterocycles. The highest BCUT2D eigenvalue weighted by molar-refractivity contribution is 6.26. The van der Waals surface area contributed by atoms with Crippen LogP contribution in [-0.4, -0.2) is 41.8 Å². The molecule has 0 aromatic heterocycles. The smallest absolute Gasteiger partial charge is 0.243 e. The number of nitrogens with one attached hydrogen (secondary N) is 4. The third-order valence-corrected chi connectivity index (χ3v) is 5.11. The van der Waals surface area contributed by atoms with Crippen molar-refractivity contribution in [1.82, 2.24) is 16.0 Å². The van der Waals surface area contributed by atoms with E-state index >= 15 is 0 Å². The predicted octanol–water partition coefficient (Wildman–Crippen LogP) is 1.98. The van der Waals surface area contributed by atoms with Crippen LogP contribution in [0.25, 0.3) is 0 Å². The van der Waals surface area contributed by atoms with Gasteiger partial charge in [-0.2, -0.15) is 0 Å². The molecule has 0 radical (unpaired) electrons. The summed E-state index contributed by atoms with van der Waals surface area (Å²) in [6.45, 7) is 3.44. The quantitative estimate of drug-likeness (QED) is 0.355. The van der Waals surface area contributed by atoms with E-state index in [1.54, 1.807) is 0 Å². The van der Waals surface area contributed by atoms with Crippen LogP contribution in [0.2, 0.25) is 0 Å². The summed E-state index contributed by atoms with van der Waals surface area (Å²) in [5, 5.41) is 15.0. The Morgan fingerprint density at radius 1 is 0.912 bits per heavy atom. The molecule has 9 heteroatoms. The number of rotatable bonds is 12. The molecule has 0 saturated heterocycles. The van der Waals surface area contributed by atoms with Crippen molar-refractivity contribution in [3.8, 4) is 0 Å². The van der Waals surface area contributed by atoms with E-state index in [1.807, 2.05) is 31.2 Å². The Hall–Kier alpha value is -3.88. The minimum absolute atomic E-state index is 0.0109. The maximum atomic E-state index is 13.2. The Morgan fingerprint density at radius 2 is 1.53 bits per heavy atom. The van der Waals surface area contributed by atoms with Gasteiger partial charge >= 0.3 is 0 Å². The Labute approximate surface area is 197 Å². The van der Waals surface area contributed by atoms with E-state index in [2.05, 4.69) is 16.0 Å². The summed E-state index contributed by atoms with van der Waals surface area (Å²) in [6, 6.07) is 11.0. The van der Waals surface area contributed by atoms with Crippen molar-refractivity contribution in [1.29, 1.82) is 5.41 Å². The molecule has 2 rings (SSSR count). The molecule has 0 aliphatic carbocycles. The summed E-state index contributed by atoms with van der Waals surface area (Å²) in [6.07, 6.45) is 0.638. The summed E-state index contributed by atoms with van der Waals surface area (Å²) >= 11 is 0. The van der Waals surface area contributed by atoms with Crippen LogP contribution in [-0.2, 0) is 32.1 Å². The van der Waals surface area contributed by atoms with Gasteiger partial charge in [0.05, 0.1) is 6.21 Å². The summed E-state index contributed by atoms with van der Waals surface area (Å²) in [4.78, 5) is 49.1. The van der Waals surface area contributed by atoms with E-state index in [0.29, 0.717) is 11.8 Å². The van der Waals surface area contributed by atoms with E-state index in [-0.39, 0.29) is 25.8 Å². The van der Waals surface area contributed by atoms with E-state index in [0.717, 1.165) is 11.1 Å². The maximum Gasteiger partial charge on any atom is 0.243 e. The number of hydrogen-bond donors (Lipinski definition) is 4. The average molecular weight is 469 g/mol. The Kier molecular flexibility index (Phi) is 10.1. The highest BCUT2D eigenvalue weighted by Crippen LogP contribution is 2.08. The molecule has 4 N–H and O–H groups in total. The van der Waals surface area contributed by atoms with E-state index < -0.39 is 41.4 Å². The van der Waals surface area contributed by atoms with Crippen molar-refractivity contribution in [3.63, 3.8) is 0 Å². The van der Waals surface area contributed by atoms with Gasteiger partial charge in [-0.25, -0.2) is 4.39 Å². The summed E-state index contributed by atoms with van der Waals surface area (Å²) in [5.41, 5.74) is 2.57. The molecule has 0 fully saturated rings. The highest BCUT2D eigenvalue weighted by atomic mass is 19.1. The second-order valence-electron chi connectivity index (χ2n) is 8.00. The average Bonchev–Trinajstić information content (AvgIpc) is 2.81. The zero-order valence-electron chi connectivity index (χ0n) is 19.2. The maximum absolute atomic E-state index is 13.2. The van der Waals surface area contributed by atoms with Gasteiger partial charge in [-0.1, -0.05) is 42.0 Å². The molecule has 2 aromatic rings. The molecule has 34 heavy (non-hydrogen) atoms. The van der Waals surface area contributed by atoms with Crippen molar-refractivity contribution < 1.29 is 23.6 Å². The Balaban J connectivity index is 2.12. The third-order valence-electron chi connectivity index (χ3n) is 5.11. The van der Waals surface area contributed by atoms with Crippen molar-refractivity contribution >= 4 is 29.7 Å². The van der Waals surface area contributed by atoms with Crippen LogP contribution >= 0.6 is 0 Å². The van der Waals surface area contributed by atoms with E-state index in [9.17, 15) is 23.6 Å². The zero-order chi connectivity index (χ0) is 25.1. The van der Waals surface area contributed by atoms with Gasteiger partial charge in [-0.05, 0) is 36.6 Å². The highest BCUT2D eigenvalue weighted by Gasteiger charge is 2.27. The van der Waals surface area contributed by atoms with E-state index in [1.165, 1.54) is 31.2 Å². The fraction of sp³-hybridized carbons (Fsp3) is 0.320. The van der Waals surface area contributed by atoms with Gasteiger partial charge in [-0.15, -0.1) is 0 Å². The minimum Gasteiger partial charge on any atom is -0.350 e. The Bertz CT molecular complexity index is 1020. The van der Waals surface area contributed by atoms with Crippen molar-refractivity contribution in [2.24, 2.45) is 0 Å². The summed E-state index contributed by atoms with van der Waals surface area (Å²) < 4.78 is 13.2. The predicted molar refractivity (Wildman–Crippen MR) is 126 cm³/mol. The summed E-state index contributed by atoms with van der Waals surface area (Å²) in [7, 11) is 0. The molecule has 2 aromatic carbocycles. The lowest BCUT2D eigenvalue weighted by molar-refractivity contribution is -0.132. The van der Waals surface area contributed by atoms with Crippen LogP contribution < -0.4 is 16.0 Å². The zero-order valence-corrected chi connectivity index (χ0v) is 19.2. The molecule has 3 amide bonds. The molecule has 0 aliphatic heterocycles. The standard InChI is InChI=1S/C25H29FN4O4/c1-16-3-5-19(6-4-16)15-28-24(33)22(12-11-21(32)14-27)30-25(34)23(29-17(2)31)13-18-7-9-20(26)10-8-18/h3-10,14,22-23,27H,11-13,15H2,1-2H3,(H,28,33)(H,29,31)(H,30,34)/t22-,23-/m0/s1. The first-order chi connectivity index (χ1) is 16.2. The molecule has 0 unspecified atom stereocenters. The van der Waals surface area contributed by atoms with Crippen LogP contribution in [0.15, 0.2) is 48.5 Å². The molecule has 0 aliphatic rings. The van der Waals surface area contributed by atoms with Crippen LogP contribution in [0.1, 0.15) is 36.5 Å². The SMILES string of the molecule is CC(=O)N[C@@H](Cc1ccc(F)cc1)C(=O)N[C@@H](CCC(=O)C=N)C(=O)NCc1ccc(C)cc1. The summed E-state index contributed by atoms with van der Waals surface area (Å²) in [5.74, 6) is -2.45. The minimum atomic E-state index is -1.05. The largest absolute Gasteiger partial charge is 0.350 e. The molecule has 180 valence electrons. The number of Topliss-reactive ketones (excluding diaryl/α,β-unsaturated/α-hetero) is 1. The van der Waals surface area contributed by atoms with Gasteiger partial charge < -0.3 is 21.4 Å². The van der Waals surface area contributed by atoms with Gasteiger partial charge in [0, 0.05) is 26.3 Å². The topological polar surface area (TPSA) is 128 Å². The molecule has 2 atom stereocenters. The van der Waals surface area contributed by atoms with Crippen LogP contribution in [0, 0.1) is 18.2 Å². The number of halogens is 1. The molecule has 0 spiro atoms. The number of aryl methyl sites for hydroxylation is 1.